The van der Waals surface area contributed by atoms with E-state index >= 15 is 0 Å². The van der Waals surface area contributed by atoms with Crippen LogP contribution in [0.1, 0.15) is 30.5 Å². The van der Waals surface area contributed by atoms with Gasteiger partial charge in [0, 0.05) is 25.8 Å². The van der Waals surface area contributed by atoms with Crippen LogP contribution in [0.4, 0.5) is 5.69 Å². The number of rotatable bonds is 7. The Hall–Kier alpha value is -2.90. The maximum atomic E-state index is 12.4. The van der Waals surface area contributed by atoms with Crippen LogP contribution in [0.15, 0.2) is 53.6 Å². The third-order valence-corrected chi connectivity index (χ3v) is 4.59. The lowest BCUT2D eigenvalue weighted by atomic mass is 10.0. The number of hydrogen-bond acceptors (Lipinski definition) is 6. The third kappa shape index (κ3) is 5.09. The van der Waals surface area contributed by atoms with Crippen molar-refractivity contribution >= 4 is 17.8 Å². The van der Waals surface area contributed by atoms with Gasteiger partial charge >= 0.3 is 0 Å². The zero-order valence-electron chi connectivity index (χ0n) is 16.5. The van der Waals surface area contributed by atoms with E-state index in [4.69, 9.17) is 4.74 Å². The molecule has 3 N–H and O–H groups in total. The fraction of sp³-hybridized carbons (Fsp3) is 0.333. The van der Waals surface area contributed by atoms with Gasteiger partial charge in [-0.3, -0.25) is 4.79 Å². The van der Waals surface area contributed by atoms with Gasteiger partial charge in [0.2, 0.25) is 0 Å². The molecule has 0 saturated carbocycles. The lowest BCUT2D eigenvalue weighted by Crippen LogP contribution is -2.41. The molecule has 3 rings (SSSR count). The maximum absolute atomic E-state index is 12.4. The standard InChI is InChI=1S/C21H27N5O2/c1-4-28-18-7-5-6-16(12-18)19-13-20(24-23-19)21(27)25-22-14-15-8-10-17(11-9-15)26(2)3/h5-12,14,19-20,23-24H,4,13H2,1-3H3,(H,25,27)/b22-14+. The number of amides is 1. The van der Waals surface area contributed by atoms with Crippen molar-refractivity contribution in [3.8, 4) is 5.75 Å². The van der Waals surface area contributed by atoms with Gasteiger partial charge < -0.3 is 9.64 Å². The summed E-state index contributed by atoms with van der Waals surface area (Å²) in [5, 5.41) is 4.07. The number of carbonyl (C=O) groups excluding carboxylic acids is 1. The molecule has 0 aromatic heterocycles. The highest BCUT2D eigenvalue weighted by atomic mass is 16.5. The van der Waals surface area contributed by atoms with Crippen molar-refractivity contribution in [2.24, 2.45) is 5.10 Å². The first-order valence-electron chi connectivity index (χ1n) is 9.41. The highest BCUT2D eigenvalue weighted by Crippen LogP contribution is 2.25. The minimum atomic E-state index is -0.353. The van der Waals surface area contributed by atoms with Crippen molar-refractivity contribution in [2.75, 3.05) is 25.6 Å². The molecule has 1 heterocycles. The van der Waals surface area contributed by atoms with Gasteiger partial charge in [-0.2, -0.15) is 5.10 Å². The molecule has 7 heteroatoms. The van der Waals surface area contributed by atoms with Crippen molar-refractivity contribution in [1.29, 1.82) is 0 Å². The molecule has 2 atom stereocenters. The summed E-state index contributed by atoms with van der Waals surface area (Å²) in [6, 6.07) is 15.5. The normalized spacial score (nSPS) is 19.0. The highest BCUT2D eigenvalue weighted by Gasteiger charge is 2.30. The fourth-order valence-electron chi connectivity index (χ4n) is 3.04. The number of nitrogens with one attached hydrogen (secondary N) is 3. The van der Waals surface area contributed by atoms with E-state index in [1.54, 1.807) is 6.21 Å². The van der Waals surface area contributed by atoms with Crippen LogP contribution in [0.2, 0.25) is 0 Å². The second-order valence-electron chi connectivity index (χ2n) is 6.86. The van der Waals surface area contributed by atoms with Gasteiger partial charge in [-0.25, -0.2) is 16.3 Å². The van der Waals surface area contributed by atoms with E-state index in [1.807, 2.05) is 74.4 Å². The molecule has 1 saturated heterocycles. The molecule has 2 aromatic carbocycles. The first kappa shape index (κ1) is 19.9. The molecule has 0 radical (unpaired) electrons. The first-order valence-corrected chi connectivity index (χ1v) is 9.41. The molecule has 1 fully saturated rings. The second-order valence-corrected chi connectivity index (χ2v) is 6.86. The summed E-state index contributed by atoms with van der Waals surface area (Å²) in [4.78, 5) is 14.4. The SMILES string of the molecule is CCOc1cccc(C2CC(C(=O)N/N=C/c3ccc(N(C)C)cc3)NN2)c1. The molecule has 1 aliphatic heterocycles. The minimum absolute atomic E-state index is 0.0405. The Kier molecular flexibility index (Phi) is 6.62. The molecule has 0 aliphatic carbocycles. The predicted molar refractivity (Wildman–Crippen MR) is 112 cm³/mol. The van der Waals surface area contributed by atoms with E-state index in [9.17, 15) is 4.79 Å². The number of hydrazine groups is 1. The van der Waals surface area contributed by atoms with Crippen molar-refractivity contribution < 1.29 is 9.53 Å². The predicted octanol–water partition coefficient (Wildman–Crippen LogP) is 2.21. The van der Waals surface area contributed by atoms with Crippen LogP contribution in [0.5, 0.6) is 5.75 Å². The molecule has 1 amide bonds. The number of hydrogen-bond donors (Lipinski definition) is 3. The summed E-state index contributed by atoms with van der Waals surface area (Å²) >= 11 is 0. The van der Waals surface area contributed by atoms with Gasteiger partial charge in [0.1, 0.15) is 11.8 Å². The van der Waals surface area contributed by atoms with E-state index in [-0.39, 0.29) is 18.0 Å². The monoisotopic (exact) mass is 381 g/mol. The summed E-state index contributed by atoms with van der Waals surface area (Å²) < 4.78 is 5.55. The number of hydrazone groups is 1. The number of carbonyl (C=O) groups is 1. The molecule has 0 spiro atoms. The lowest BCUT2D eigenvalue weighted by Gasteiger charge is -2.12. The van der Waals surface area contributed by atoms with Gasteiger partial charge in [0.25, 0.3) is 5.91 Å². The van der Waals surface area contributed by atoms with Crippen LogP contribution in [0.25, 0.3) is 0 Å². The maximum Gasteiger partial charge on any atom is 0.258 e. The van der Waals surface area contributed by atoms with Crippen LogP contribution in [-0.2, 0) is 4.79 Å². The molecule has 148 valence electrons. The van der Waals surface area contributed by atoms with E-state index in [0.29, 0.717) is 13.0 Å². The Bertz CT molecular complexity index is 820. The summed E-state index contributed by atoms with van der Waals surface area (Å²) in [6.07, 6.45) is 2.28. The second kappa shape index (κ2) is 9.34. The minimum Gasteiger partial charge on any atom is -0.494 e. The van der Waals surface area contributed by atoms with Crippen molar-refractivity contribution in [3.05, 3.63) is 59.7 Å². The fourth-order valence-corrected chi connectivity index (χ4v) is 3.04. The number of benzene rings is 2. The topological polar surface area (TPSA) is 78.0 Å². The summed E-state index contributed by atoms with van der Waals surface area (Å²) in [6.45, 7) is 2.58. The third-order valence-electron chi connectivity index (χ3n) is 4.59. The number of nitrogens with zero attached hydrogens (tertiary/aromatic N) is 2. The van der Waals surface area contributed by atoms with Crippen molar-refractivity contribution in [3.63, 3.8) is 0 Å². The van der Waals surface area contributed by atoms with E-state index in [1.165, 1.54) is 0 Å². The molecular weight excluding hydrogens is 354 g/mol. The van der Waals surface area contributed by atoms with Crippen LogP contribution in [0, 0.1) is 0 Å². The van der Waals surface area contributed by atoms with E-state index < -0.39 is 0 Å². The van der Waals surface area contributed by atoms with Gasteiger partial charge in [-0.1, -0.05) is 24.3 Å². The summed E-state index contributed by atoms with van der Waals surface area (Å²) in [7, 11) is 3.98. The lowest BCUT2D eigenvalue weighted by molar-refractivity contribution is -0.122. The van der Waals surface area contributed by atoms with Crippen LogP contribution >= 0.6 is 0 Å². The highest BCUT2D eigenvalue weighted by molar-refractivity contribution is 5.85. The Morgan fingerprint density at radius 2 is 2.04 bits per heavy atom. The molecule has 1 aliphatic rings. The van der Waals surface area contributed by atoms with Gasteiger partial charge in [0.05, 0.1) is 12.8 Å². The van der Waals surface area contributed by atoms with Gasteiger partial charge in [-0.05, 0) is 48.7 Å². The Balaban J connectivity index is 1.52. The average molecular weight is 381 g/mol. The largest absolute Gasteiger partial charge is 0.494 e. The molecule has 2 aromatic rings. The Labute approximate surface area is 165 Å². The zero-order chi connectivity index (χ0) is 19.9. The average Bonchev–Trinajstić information content (AvgIpc) is 3.19. The quantitative estimate of drug-likeness (QED) is 0.506. The molecule has 0 bridgehead atoms. The van der Waals surface area contributed by atoms with Crippen molar-refractivity contribution in [2.45, 2.75) is 25.4 Å². The number of anilines is 1. The summed E-state index contributed by atoms with van der Waals surface area (Å²) in [5.41, 5.74) is 11.9. The van der Waals surface area contributed by atoms with Crippen LogP contribution < -0.4 is 25.9 Å². The van der Waals surface area contributed by atoms with Crippen molar-refractivity contribution in [1.82, 2.24) is 16.3 Å². The van der Waals surface area contributed by atoms with Crippen LogP contribution in [0.3, 0.4) is 0 Å². The van der Waals surface area contributed by atoms with Crippen LogP contribution in [-0.4, -0.2) is 38.9 Å². The molecule has 7 nitrogen and oxygen atoms in total. The Morgan fingerprint density at radius 1 is 1.25 bits per heavy atom. The zero-order valence-corrected chi connectivity index (χ0v) is 16.5. The van der Waals surface area contributed by atoms with Gasteiger partial charge in [0.15, 0.2) is 0 Å². The van der Waals surface area contributed by atoms with E-state index in [0.717, 1.165) is 22.6 Å². The number of ether oxygens (including phenoxy) is 1. The molecular formula is C21H27N5O2. The molecule has 28 heavy (non-hydrogen) atoms. The molecule has 2 unspecified atom stereocenters. The summed E-state index contributed by atoms with van der Waals surface area (Å²) in [5.74, 6) is 0.664. The van der Waals surface area contributed by atoms with E-state index in [2.05, 4.69) is 21.4 Å². The Morgan fingerprint density at radius 3 is 2.75 bits per heavy atom. The van der Waals surface area contributed by atoms with Gasteiger partial charge in [-0.15, -0.1) is 0 Å². The first-order chi connectivity index (χ1) is 13.6. The smallest absolute Gasteiger partial charge is 0.258 e.